The molecule has 0 aliphatic heterocycles. The number of rotatable bonds is 6. The van der Waals surface area contributed by atoms with Crippen molar-refractivity contribution in [2.45, 2.75) is 39.8 Å². The maximum Gasteiger partial charge on any atom is 0.251 e. The summed E-state index contributed by atoms with van der Waals surface area (Å²) >= 11 is 0. The lowest BCUT2D eigenvalue weighted by Crippen LogP contribution is -2.24. The van der Waals surface area contributed by atoms with Gasteiger partial charge in [-0.1, -0.05) is 26.0 Å². The number of hydrogen-bond donors (Lipinski definition) is 3. The van der Waals surface area contributed by atoms with E-state index in [-0.39, 0.29) is 5.91 Å². The van der Waals surface area contributed by atoms with Gasteiger partial charge in [-0.3, -0.25) is 4.79 Å². The summed E-state index contributed by atoms with van der Waals surface area (Å²) in [4.78, 5) is 12.3. The Morgan fingerprint density at radius 3 is 2.22 bits per heavy atom. The third-order valence-corrected chi connectivity index (χ3v) is 3.87. The minimum Gasteiger partial charge on any atom is -0.493 e. The highest BCUT2D eigenvalue weighted by Crippen LogP contribution is 2.28. The van der Waals surface area contributed by atoms with Crippen molar-refractivity contribution in [3.05, 3.63) is 53.1 Å². The zero-order valence-electron chi connectivity index (χ0n) is 16.9. The van der Waals surface area contributed by atoms with E-state index in [1.807, 2.05) is 26.0 Å². The largest absolute Gasteiger partial charge is 0.493 e. The first kappa shape index (κ1) is 22.3. The number of anilines is 1. The van der Waals surface area contributed by atoms with Gasteiger partial charge in [0.15, 0.2) is 11.5 Å². The molecule has 0 saturated heterocycles. The molecule has 0 heterocycles. The van der Waals surface area contributed by atoms with Crippen LogP contribution in [0.15, 0.2) is 36.4 Å². The quantitative estimate of drug-likeness (QED) is 0.673. The lowest BCUT2D eigenvalue weighted by atomic mass is 9.95. The second kappa shape index (κ2) is 9.83. The van der Waals surface area contributed by atoms with E-state index < -0.39 is 5.60 Å². The van der Waals surface area contributed by atoms with Crippen LogP contribution in [0.4, 0.5) is 5.69 Å². The van der Waals surface area contributed by atoms with Gasteiger partial charge < -0.3 is 25.6 Å². The summed E-state index contributed by atoms with van der Waals surface area (Å²) in [6, 6.07) is 10.3. The summed E-state index contributed by atoms with van der Waals surface area (Å²) in [5.41, 5.74) is 7.18. The molecule has 6 nitrogen and oxygen atoms in total. The number of nitrogen functional groups attached to an aromatic ring is 1. The highest BCUT2D eigenvalue weighted by Gasteiger charge is 2.20. The molecule has 0 spiro atoms. The van der Waals surface area contributed by atoms with Crippen molar-refractivity contribution >= 4 is 11.6 Å². The van der Waals surface area contributed by atoms with Crippen molar-refractivity contribution < 1.29 is 19.4 Å². The molecule has 2 aromatic carbocycles. The fourth-order valence-corrected chi connectivity index (χ4v) is 2.54. The molecule has 4 N–H and O–H groups in total. The SMILES string of the molecule is CC.COc1ccc(CNC(=O)c2ccc(C(C)(C)O)c(N)c2)cc1OC. The molecule has 1 amide bonds. The van der Waals surface area contributed by atoms with Gasteiger partial charge in [0.2, 0.25) is 0 Å². The van der Waals surface area contributed by atoms with E-state index in [0.29, 0.717) is 34.9 Å². The Bertz CT molecular complexity index is 767. The monoisotopic (exact) mass is 374 g/mol. The van der Waals surface area contributed by atoms with E-state index in [4.69, 9.17) is 15.2 Å². The van der Waals surface area contributed by atoms with E-state index in [0.717, 1.165) is 5.56 Å². The number of amides is 1. The van der Waals surface area contributed by atoms with Gasteiger partial charge in [-0.25, -0.2) is 0 Å². The zero-order valence-corrected chi connectivity index (χ0v) is 16.9. The molecule has 0 bridgehead atoms. The van der Waals surface area contributed by atoms with E-state index in [1.54, 1.807) is 52.3 Å². The standard InChI is InChI=1S/C19H24N2O4.C2H6/c1-19(2,23)14-7-6-13(10-15(14)20)18(22)21-11-12-5-8-16(24-3)17(9-12)25-4;1-2/h5-10,23H,11,20H2,1-4H3,(H,21,22);1-2H3. The average molecular weight is 374 g/mol. The van der Waals surface area contributed by atoms with Crippen LogP contribution in [0.2, 0.25) is 0 Å². The Labute approximate surface area is 161 Å². The molecule has 27 heavy (non-hydrogen) atoms. The molecular formula is C21H30N2O4. The number of carbonyl (C=O) groups is 1. The zero-order chi connectivity index (χ0) is 20.6. The average Bonchev–Trinajstić information content (AvgIpc) is 2.66. The Morgan fingerprint density at radius 2 is 1.70 bits per heavy atom. The molecule has 0 atom stereocenters. The van der Waals surface area contributed by atoms with E-state index in [1.165, 1.54) is 0 Å². The number of carbonyl (C=O) groups excluding carboxylic acids is 1. The molecule has 0 aromatic heterocycles. The van der Waals surface area contributed by atoms with Crippen LogP contribution in [-0.2, 0) is 12.1 Å². The molecule has 2 rings (SSSR count). The van der Waals surface area contributed by atoms with Crippen LogP contribution in [0.25, 0.3) is 0 Å². The minimum atomic E-state index is -1.06. The third kappa shape index (κ3) is 5.89. The smallest absolute Gasteiger partial charge is 0.251 e. The van der Waals surface area contributed by atoms with Gasteiger partial charge in [0.05, 0.1) is 19.8 Å². The van der Waals surface area contributed by atoms with Gasteiger partial charge in [0, 0.05) is 23.4 Å². The number of hydrogen-bond acceptors (Lipinski definition) is 5. The maximum atomic E-state index is 12.3. The Kier molecular flexibility index (Phi) is 8.12. The van der Waals surface area contributed by atoms with Gasteiger partial charge in [0.25, 0.3) is 5.91 Å². The fraction of sp³-hybridized carbons (Fsp3) is 0.381. The van der Waals surface area contributed by atoms with Crippen LogP contribution in [-0.4, -0.2) is 25.2 Å². The van der Waals surface area contributed by atoms with Crippen LogP contribution in [0, 0.1) is 0 Å². The fourth-order valence-electron chi connectivity index (χ4n) is 2.54. The lowest BCUT2D eigenvalue weighted by molar-refractivity contribution is 0.0792. The van der Waals surface area contributed by atoms with Crippen molar-refractivity contribution in [3.63, 3.8) is 0 Å². The first-order valence-electron chi connectivity index (χ1n) is 8.87. The first-order chi connectivity index (χ1) is 12.8. The van der Waals surface area contributed by atoms with Crippen molar-refractivity contribution in [1.29, 1.82) is 0 Å². The predicted molar refractivity (Wildman–Crippen MR) is 108 cm³/mol. The number of ether oxygens (including phenoxy) is 2. The normalized spacial score (nSPS) is 10.5. The summed E-state index contributed by atoms with van der Waals surface area (Å²) in [5, 5.41) is 12.9. The number of methoxy groups -OCH3 is 2. The maximum absolute atomic E-state index is 12.3. The van der Waals surface area contributed by atoms with Crippen molar-refractivity contribution in [1.82, 2.24) is 5.32 Å². The molecular weight excluding hydrogens is 344 g/mol. The second-order valence-corrected chi connectivity index (χ2v) is 6.23. The summed E-state index contributed by atoms with van der Waals surface area (Å²) in [7, 11) is 3.13. The number of benzene rings is 2. The molecule has 0 saturated carbocycles. The number of aliphatic hydroxyl groups is 1. The third-order valence-electron chi connectivity index (χ3n) is 3.87. The van der Waals surface area contributed by atoms with Crippen LogP contribution < -0.4 is 20.5 Å². The lowest BCUT2D eigenvalue weighted by Gasteiger charge is -2.20. The van der Waals surface area contributed by atoms with E-state index in [2.05, 4.69) is 5.32 Å². The molecule has 148 valence electrons. The number of nitrogens with two attached hydrogens (primary N) is 1. The van der Waals surface area contributed by atoms with Crippen molar-refractivity contribution in [3.8, 4) is 11.5 Å². The van der Waals surface area contributed by atoms with Gasteiger partial charge >= 0.3 is 0 Å². The topological polar surface area (TPSA) is 93.8 Å². The summed E-state index contributed by atoms with van der Waals surface area (Å²) in [5.74, 6) is 0.990. The molecule has 0 aliphatic carbocycles. The second-order valence-electron chi connectivity index (χ2n) is 6.23. The highest BCUT2D eigenvalue weighted by molar-refractivity contribution is 5.95. The van der Waals surface area contributed by atoms with Crippen LogP contribution in [0.1, 0.15) is 49.2 Å². The molecule has 6 heteroatoms. The van der Waals surface area contributed by atoms with Crippen molar-refractivity contribution in [2.75, 3.05) is 20.0 Å². The van der Waals surface area contributed by atoms with Crippen molar-refractivity contribution in [2.24, 2.45) is 0 Å². The first-order valence-corrected chi connectivity index (χ1v) is 8.87. The Morgan fingerprint density at radius 1 is 1.07 bits per heavy atom. The molecule has 0 unspecified atom stereocenters. The molecule has 0 aliphatic rings. The molecule has 0 fully saturated rings. The van der Waals surface area contributed by atoms with Gasteiger partial charge in [-0.05, 0) is 43.7 Å². The Hall–Kier alpha value is -2.73. The van der Waals surface area contributed by atoms with Gasteiger partial charge in [-0.15, -0.1) is 0 Å². The van der Waals surface area contributed by atoms with Crippen LogP contribution in [0.5, 0.6) is 11.5 Å². The molecule has 0 radical (unpaired) electrons. The summed E-state index contributed by atoms with van der Waals surface area (Å²) < 4.78 is 10.4. The summed E-state index contributed by atoms with van der Waals surface area (Å²) in [6.07, 6.45) is 0. The highest BCUT2D eigenvalue weighted by atomic mass is 16.5. The summed E-state index contributed by atoms with van der Waals surface area (Å²) in [6.45, 7) is 7.64. The van der Waals surface area contributed by atoms with Crippen LogP contribution in [0.3, 0.4) is 0 Å². The minimum absolute atomic E-state index is 0.246. The molecule has 2 aromatic rings. The van der Waals surface area contributed by atoms with Gasteiger partial charge in [0.1, 0.15) is 0 Å². The van der Waals surface area contributed by atoms with E-state index in [9.17, 15) is 9.90 Å². The van der Waals surface area contributed by atoms with Crippen LogP contribution >= 0.6 is 0 Å². The Balaban J connectivity index is 0.00000176. The predicted octanol–water partition coefficient (Wildman–Crippen LogP) is 3.47. The number of nitrogens with one attached hydrogen (secondary N) is 1. The van der Waals surface area contributed by atoms with Gasteiger partial charge in [-0.2, -0.15) is 0 Å². The van der Waals surface area contributed by atoms with E-state index >= 15 is 0 Å².